The van der Waals surface area contributed by atoms with Crippen LogP contribution < -0.4 is 0 Å². The predicted molar refractivity (Wildman–Crippen MR) is 136 cm³/mol. The van der Waals surface area contributed by atoms with Crippen LogP contribution >= 0.6 is 0 Å². The molecule has 0 N–H and O–H groups in total. The van der Waals surface area contributed by atoms with Crippen LogP contribution in [0.25, 0.3) is 49.4 Å². The molecule has 0 amide bonds. The summed E-state index contributed by atoms with van der Waals surface area (Å²) < 4.78 is 2.41. The van der Waals surface area contributed by atoms with Gasteiger partial charge in [0.25, 0.3) is 0 Å². The van der Waals surface area contributed by atoms with Gasteiger partial charge in [0, 0.05) is 21.9 Å². The summed E-state index contributed by atoms with van der Waals surface area (Å²) >= 11 is 0. The van der Waals surface area contributed by atoms with Gasteiger partial charge in [-0.2, -0.15) is 0 Å². The highest BCUT2D eigenvalue weighted by molar-refractivity contribution is 6.16. The minimum absolute atomic E-state index is 0.0151. The molecular formula is C31H23N. The zero-order chi connectivity index (χ0) is 21.4. The topological polar surface area (TPSA) is 4.93 Å². The van der Waals surface area contributed by atoms with Crippen molar-refractivity contribution < 1.29 is 0 Å². The van der Waals surface area contributed by atoms with Gasteiger partial charge >= 0.3 is 0 Å². The predicted octanol–water partition coefficient (Wildman–Crippen LogP) is 8.24. The quantitative estimate of drug-likeness (QED) is 0.258. The lowest BCUT2D eigenvalue weighted by Gasteiger charge is -2.21. The molecular weight excluding hydrogens is 386 g/mol. The number of hydrogen-bond donors (Lipinski definition) is 0. The van der Waals surface area contributed by atoms with E-state index in [0.29, 0.717) is 0 Å². The van der Waals surface area contributed by atoms with Gasteiger partial charge in [-0.3, -0.25) is 0 Å². The molecule has 0 saturated heterocycles. The average Bonchev–Trinajstić information content (AvgIpc) is 3.27. The molecule has 0 radical (unpaired) electrons. The van der Waals surface area contributed by atoms with Crippen molar-refractivity contribution in [2.75, 3.05) is 0 Å². The molecule has 0 unspecified atom stereocenters. The Morgan fingerprint density at radius 3 is 2.19 bits per heavy atom. The summed E-state index contributed by atoms with van der Waals surface area (Å²) in [6.07, 6.45) is 0. The molecule has 32 heavy (non-hydrogen) atoms. The Morgan fingerprint density at radius 2 is 1.31 bits per heavy atom. The molecule has 0 atom stereocenters. The number of rotatable bonds is 1. The summed E-state index contributed by atoms with van der Waals surface area (Å²) in [6.45, 7) is 4.70. The van der Waals surface area contributed by atoms with Crippen LogP contribution in [0, 0.1) is 0 Å². The number of hydrogen-bond acceptors (Lipinski definition) is 0. The summed E-state index contributed by atoms with van der Waals surface area (Å²) in [5, 5.41) is 5.25. The van der Waals surface area contributed by atoms with Gasteiger partial charge in [0.05, 0.1) is 11.0 Å². The number of fused-ring (bicyclic) bond motifs is 8. The largest absolute Gasteiger partial charge is 0.309 e. The van der Waals surface area contributed by atoms with E-state index in [9.17, 15) is 0 Å². The Balaban J connectivity index is 1.68. The first kappa shape index (κ1) is 17.8. The van der Waals surface area contributed by atoms with Gasteiger partial charge in [-0.1, -0.05) is 86.6 Å². The van der Waals surface area contributed by atoms with Gasteiger partial charge in [0.2, 0.25) is 0 Å². The summed E-state index contributed by atoms with van der Waals surface area (Å²) in [6, 6.07) is 37.9. The maximum absolute atomic E-state index is 2.43. The molecule has 5 aromatic carbocycles. The molecule has 0 fully saturated rings. The summed E-state index contributed by atoms with van der Waals surface area (Å²) in [7, 11) is 0. The van der Waals surface area contributed by atoms with Crippen LogP contribution in [0.5, 0.6) is 0 Å². The number of benzene rings is 5. The average molecular weight is 410 g/mol. The van der Waals surface area contributed by atoms with Crippen molar-refractivity contribution in [2.24, 2.45) is 0 Å². The lowest BCUT2D eigenvalue weighted by Crippen LogP contribution is -2.14. The highest BCUT2D eigenvalue weighted by Gasteiger charge is 2.36. The Labute approximate surface area is 187 Å². The van der Waals surface area contributed by atoms with Crippen LogP contribution in [-0.4, -0.2) is 4.57 Å². The molecule has 1 aliphatic rings. The van der Waals surface area contributed by atoms with Gasteiger partial charge in [-0.05, 0) is 63.4 Å². The van der Waals surface area contributed by atoms with E-state index in [1.165, 1.54) is 60.5 Å². The van der Waals surface area contributed by atoms with E-state index in [4.69, 9.17) is 0 Å². The zero-order valence-electron chi connectivity index (χ0n) is 18.3. The van der Waals surface area contributed by atoms with Crippen molar-refractivity contribution in [1.29, 1.82) is 0 Å². The second kappa shape index (κ2) is 6.11. The number of nitrogens with zero attached hydrogens (tertiary/aromatic N) is 1. The summed E-state index contributed by atoms with van der Waals surface area (Å²) in [5.41, 5.74) is 9.35. The Kier molecular flexibility index (Phi) is 3.40. The van der Waals surface area contributed by atoms with E-state index in [1.807, 2.05) is 0 Å². The lowest BCUT2D eigenvalue weighted by molar-refractivity contribution is 0.661. The van der Waals surface area contributed by atoms with E-state index in [-0.39, 0.29) is 5.41 Å². The van der Waals surface area contributed by atoms with E-state index >= 15 is 0 Å². The van der Waals surface area contributed by atoms with Gasteiger partial charge in [-0.25, -0.2) is 0 Å². The van der Waals surface area contributed by atoms with Crippen LogP contribution in [-0.2, 0) is 5.41 Å². The van der Waals surface area contributed by atoms with E-state index in [2.05, 4.69) is 122 Å². The van der Waals surface area contributed by atoms with E-state index in [0.717, 1.165) is 0 Å². The molecule has 0 spiro atoms. The van der Waals surface area contributed by atoms with Crippen molar-refractivity contribution in [3.05, 3.63) is 114 Å². The minimum atomic E-state index is 0.0151. The van der Waals surface area contributed by atoms with Crippen molar-refractivity contribution >= 4 is 32.6 Å². The number of para-hydroxylation sites is 2. The van der Waals surface area contributed by atoms with Crippen LogP contribution in [0.3, 0.4) is 0 Å². The molecule has 1 heterocycles. The smallest absolute Gasteiger partial charge is 0.0547 e. The second-order valence-electron chi connectivity index (χ2n) is 9.44. The molecule has 1 nitrogen and oxygen atoms in total. The molecule has 0 aliphatic heterocycles. The van der Waals surface area contributed by atoms with Crippen LogP contribution in [0.4, 0.5) is 0 Å². The molecule has 7 rings (SSSR count). The van der Waals surface area contributed by atoms with Gasteiger partial charge in [-0.15, -0.1) is 0 Å². The fourth-order valence-electron chi connectivity index (χ4n) is 5.85. The maximum Gasteiger partial charge on any atom is 0.0547 e. The number of aromatic nitrogens is 1. The van der Waals surface area contributed by atoms with Crippen molar-refractivity contribution in [1.82, 2.24) is 4.57 Å². The van der Waals surface area contributed by atoms with Crippen molar-refractivity contribution in [3.63, 3.8) is 0 Å². The van der Waals surface area contributed by atoms with E-state index < -0.39 is 0 Å². The molecule has 1 heteroatoms. The van der Waals surface area contributed by atoms with Gasteiger partial charge < -0.3 is 4.57 Å². The first-order valence-corrected chi connectivity index (χ1v) is 11.3. The fourth-order valence-corrected chi connectivity index (χ4v) is 5.85. The van der Waals surface area contributed by atoms with Crippen LogP contribution in [0.1, 0.15) is 25.0 Å². The van der Waals surface area contributed by atoms with Gasteiger partial charge in [0.1, 0.15) is 0 Å². The molecule has 0 bridgehead atoms. The highest BCUT2D eigenvalue weighted by Crippen LogP contribution is 2.51. The zero-order valence-corrected chi connectivity index (χ0v) is 18.3. The SMILES string of the molecule is CC1(C)c2ccccc2-c2c1ccc1cc3c4ccccc4n(-c4ccccc4)c3cc21. The third-order valence-corrected chi connectivity index (χ3v) is 7.37. The van der Waals surface area contributed by atoms with Crippen LogP contribution in [0.2, 0.25) is 0 Å². The second-order valence-corrected chi connectivity index (χ2v) is 9.44. The monoisotopic (exact) mass is 409 g/mol. The molecule has 6 aromatic rings. The highest BCUT2D eigenvalue weighted by atomic mass is 15.0. The van der Waals surface area contributed by atoms with Crippen molar-refractivity contribution in [3.8, 4) is 16.8 Å². The Morgan fingerprint density at radius 1 is 0.562 bits per heavy atom. The normalized spacial score (nSPS) is 14.2. The molecule has 1 aromatic heterocycles. The molecule has 152 valence electrons. The minimum Gasteiger partial charge on any atom is -0.309 e. The third-order valence-electron chi connectivity index (χ3n) is 7.37. The Bertz CT molecular complexity index is 1680. The first-order chi connectivity index (χ1) is 15.6. The maximum atomic E-state index is 2.43. The third kappa shape index (κ3) is 2.18. The standard InChI is InChI=1S/C31H23N/c1-31(2)26-14-8-6-13-23(26)30-24-19-29-25(18-20(24)16-17-27(30)31)22-12-7-9-15-28(22)32(29)21-10-4-3-5-11-21/h3-19H,1-2H3. The van der Waals surface area contributed by atoms with Crippen molar-refractivity contribution in [2.45, 2.75) is 19.3 Å². The Hall–Kier alpha value is -3.84. The molecule has 1 aliphatic carbocycles. The van der Waals surface area contributed by atoms with E-state index in [1.54, 1.807) is 0 Å². The summed E-state index contributed by atoms with van der Waals surface area (Å²) in [5.74, 6) is 0. The molecule has 0 saturated carbocycles. The lowest BCUT2D eigenvalue weighted by atomic mass is 9.82. The first-order valence-electron chi connectivity index (χ1n) is 11.3. The van der Waals surface area contributed by atoms with Gasteiger partial charge in [0.15, 0.2) is 0 Å². The fraction of sp³-hybridized carbons (Fsp3) is 0.0968. The summed E-state index contributed by atoms with van der Waals surface area (Å²) in [4.78, 5) is 0. The van der Waals surface area contributed by atoms with Crippen LogP contribution in [0.15, 0.2) is 103 Å².